The largest absolute Gasteiger partial charge is 0.352 e. The maximum absolute atomic E-state index is 13.2. The van der Waals surface area contributed by atoms with E-state index in [4.69, 9.17) is 11.6 Å². The number of thioether (sulfide) groups is 1. The van der Waals surface area contributed by atoms with Gasteiger partial charge in [0.25, 0.3) is 0 Å². The van der Waals surface area contributed by atoms with Crippen LogP contribution in [0.25, 0.3) is 0 Å². The molecule has 0 aliphatic rings. The van der Waals surface area contributed by atoms with Gasteiger partial charge >= 0.3 is 0 Å². The highest BCUT2D eigenvalue weighted by Gasteiger charge is 2.29. The van der Waals surface area contributed by atoms with Crippen LogP contribution in [0.1, 0.15) is 44.7 Å². The zero-order valence-corrected chi connectivity index (χ0v) is 19.5. The average molecular weight is 447 g/mol. The van der Waals surface area contributed by atoms with Gasteiger partial charge in [-0.25, -0.2) is 0 Å². The minimum Gasteiger partial charge on any atom is -0.352 e. The van der Waals surface area contributed by atoms with Crippen LogP contribution in [0, 0.1) is 0 Å². The molecule has 1 N–H and O–H groups in total. The van der Waals surface area contributed by atoms with E-state index in [1.54, 1.807) is 4.90 Å². The molecule has 2 rings (SSSR count). The van der Waals surface area contributed by atoms with E-state index >= 15 is 0 Å². The number of nitrogens with one attached hydrogen (secondary N) is 1. The smallest absolute Gasteiger partial charge is 0.243 e. The molecule has 0 saturated heterocycles. The molecule has 4 nitrogen and oxygen atoms in total. The number of nitrogens with zero attached hydrogens (tertiary/aromatic N) is 1. The van der Waals surface area contributed by atoms with Gasteiger partial charge in [-0.2, -0.15) is 0 Å². The Morgan fingerprint density at radius 3 is 2.33 bits per heavy atom. The highest BCUT2D eigenvalue weighted by Crippen LogP contribution is 2.22. The monoisotopic (exact) mass is 446 g/mol. The third-order valence-corrected chi connectivity index (χ3v) is 6.36. The van der Waals surface area contributed by atoms with Crippen LogP contribution in [0.3, 0.4) is 0 Å². The van der Waals surface area contributed by atoms with Crippen molar-refractivity contribution in [3.05, 3.63) is 70.7 Å². The van der Waals surface area contributed by atoms with Gasteiger partial charge < -0.3 is 10.2 Å². The van der Waals surface area contributed by atoms with Crippen molar-refractivity contribution in [2.24, 2.45) is 0 Å². The van der Waals surface area contributed by atoms with Crippen molar-refractivity contribution in [3.8, 4) is 0 Å². The van der Waals surface area contributed by atoms with E-state index in [9.17, 15) is 9.59 Å². The predicted octanol–water partition coefficient (Wildman–Crippen LogP) is 5.30. The summed E-state index contributed by atoms with van der Waals surface area (Å²) in [5, 5.41) is 3.74. The van der Waals surface area contributed by atoms with Crippen LogP contribution in [0.5, 0.6) is 0 Å². The predicted molar refractivity (Wildman–Crippen MR) is 127 cm³/mol. The van der Waals surface area contributed by atoms with Crippen LogP contribution in [0.2, 0.25) is 5.02 Å². The lowest BCUT2D eigenvalue weighted by molar-refractivity contribution is -0.139. The molecule has 6 heteroatoms. The SMILES string of the molecule is CCC(C)NC(=O)C(CC)N(Cc1ccccc1)C(=O)CSCc1ccccc1Cl. The van der Waals surface area contributed by atoms with Crippen molar-refractivity contribution in [2.45, 2.75) is 58.0 Å². The van der Waals surface area contributed by atoms with Crippen LogP contribution in [0.4, 0.5) is 0 Å². The number of halogens is 1. The molecule has 0 aromatic heterocycles. The Balaban J connectivity index is 2.11. The fourth-order valence-corrected chi connectivity index (χ4v) is 4.28. The van der Waals surface area contributed by atoms with Gasteiger partial charge in [-0.15, -0.1) is 11.8 Å². The van der Waals surface area contributed by atoms with Crippen LogP contribution in [-0.4, -0.2) is 34.6 Å². The third-order valence-electron chi connectivity index (χ3n) is 5.02. The molecule has 30 heavy (non-hydrogen) atoms. The summed E-state index contributed by atoms with van der Waals surface area (Å²) in [6.07, 6.45) is 1.42. The lowest BCUT2D eigenvalue weighted by Crippen LogP contribution is -2.51. The first-order chi connectivity index (χ1) is 14.5. The zero-order chi connectivity index (χ0) is 21.9. The quantitative estimate of drug-likeness (QED) is 0.509. The van der Waals surface area contributed by atoms with Gasteiger partial charge in [0, 0.05) is 23.4 Å². The molecule has 0 spiro atoms. The molecular weight excluding hydrogens is 416 g/mol. The molecule has 162 valence electrons. The third kappa shape index (κ3) is 7.37. The number of hydrogen-bond acceptors (Lipinski definition) is 3. The van der Waals surface area contributed by atoms with Gasteiger partial charge in [-0.3, -0.25) is 9.59 Å². The number of amides is 2. The van der Waals surface area contributed by atoms with Crippen molar-refractivity contribution in [1.82, 2.24) is 10.2 Å². The number of carbonyl (C=O) groups excluding carboxylic acids is 2. The molecule has 2 atom stereocenters. The van der Waals surface area contributed by atoms with Crippen molar-refractivity contribution >= 4 is 35.2 Å². The van der Waals surface area contributed by atoms with Crippen LogP contribution >= 0.6 is 23.4 Å². The van der Waals surface area contributed by atoms with Crippen molar-refractivity contribution < 1.29 is 9.59 Å². The van der Waals surface area contributed by atoms with E-state index in [2.05, 4.69) is 5.32 Å². The molecule has 0 aliphatic carbocycles. The molecule has 2 aromatic rings. The number of hydrogen-bond donors (Lipinski definition) is 1. The molecule has 2 aromatic carbocycles. The van der Waals surface area contributed by atoms with E-state index in [0.717, 1.165) is 17.5 Å². The van der Waals surface area contributed by atoms with Crippen LogP contribution < -0.4 is 5.32 Å². The second-order valence-electron chi connectivity index (χ2n) is 7.33. The first-order valence-electron chi connectivity index (χ1n) is 10.4. The maximum Gasteiger partial charge on any atom is 0.243 e. The number of carbonyl (C=O) groups is 2. The Kier molecular flexibility index (Phi) is 10.2. The van der Waals surface area contributed by atoms with Gasteiger partial charge in [0.15, 0.2) is 0 Å². The van der Waals surface area contributed by atoms with Gasteiger partial charge in [0.2, 0.25) is 11.8 Å². The average Bonchev–Trinajstić information content (AvgIpc) is 2.75. The highest BCUT2D eigenvalue weighted by atomic mass is 35.5. The Labute approximate surface area is 189 Å². The van der Waals surface area contributed by atoms with Crippen molar-refractivity contribution in [2.75, 3.05) is 5.75 Å². The summed E-state index contributed by atoms with van der Waals surface area (Å²) >= 11 is 7.74. The summed E-state index contributed by atoms with van der Waals surface area (Å²) < 4.78 is 0. The topological polar surface area (TPSA) is 49.4 Å². The molecule has 2 amide bonds. The lowest BCUT2D eigenvalue weighted by Gasteiger charge is -2.31. The summed E-state index contributed by atoms with van der Waals surface area (Å²) in [6, 6.07) is 17.1. The van der Waals surface area contributed by atoms with E-state index in [1.807, 2.05) is 75.4 Å². The van der Waals surface area contributed by atoms with Gasteiger partial charge in [0.05, 0.1) is 5.75 Å². The van der Waals surface area contributed by atoms with Crippen molar-refractivity contribution in [3.63, 3.8) is 0 Å². The molecule has 0 heterocycles. The Morgan fingerprint density at radius 2 is 1.70 bits per heavy atom. The summed E-state index contributed by atoms with van der Waals surface area (Å²) in [4.78, 5) is 27.8. The van der Waals surface area contributed by atoms with E-state index in [0.29, 0.717) is 29.5 Å². The van der Waals surface area contributed by atoms with Crippen LogP contribution in [0.15, 0.2) is 54.6 Å². The van der Waals surface area contributed by atoms with E-state index in [-0.39, 0.29) is 17.9 Å². The molecule has 0 saturated carbocycles. The minimum atomic E-state index is -0.493. The number of benzene rings is 2. The lowest BCUT2D eigenvalue weighted by atomic mass is 10.1. The van der Waals surface area contributed by atoms with E-state index < -0.39 is 6.04 Å². The van der Waals surface area contributed by atoms with Crippen molar-refractivity contribution in [1.29, 1.82) is 0 Å². The Bertz CT molecular complexity index is 816. The maximum atomic E-state index is 13.2. The molecular formula is C24H31ClN2O2S. The highest BCUT2D eigenvalue weighted by molar-refractivity contribution is 7.99. The molecule has 0 fully saturated rings. The summed E-state index contributed by atoms with van der Waals surface area (Å²) in [7, 11) is 0. The fraction of sp³-hybridized carbons (Fsp3) is 0.417. The normalized spacial score (nSPS) is 12.8. The molecule has 0 radical (unpaired) electrons. The summed E-state index contributed by atoms with van der Waals surface area (Å²) in [6.45, 7) is 6.37. The molecule has 0 bridgehead atoms. The van der Waals surface area contributed by atoms with Gasteiger partial charge in [-0.05, 0) is 37.0 Å². The van der Waals surface area contributed by atoms with Gasteiger partial charge in [0.1, 0.15) is 6.04 Å². The summed E-state index contributed by atoms with van der Waals surface area (Å²) in [5.74, 6) is 0.820. The molecule has 2 unspecified atom stereocenters. The standard InChI is InChI=1S/C24H31ClN2O2S/c1-4-18(3)26-24(29)22(5-2)27(15-19-11-7-6-8-12-19)23(28)17-30-16-20-13-9-10-14-21(20)25/h6-14,18,22H,4-5,15-17H2,1-3H3,(H,26,29). The first kappa shape index (κ1) is 24.3. The van der Waals surface area contributed by atoms with Gasteiger partial charge in [-0.1, -0.05) is 74.0 Å². The van der Waals surface area contributed by atoms with E-state index in [1.165, 1.54) is 11.8 Å². The second-order valence-corrected chi connectivity index (χ2v) is 8.73. The minimum absolute atomic E-state index is 0.0398. The number of rotatable bonds is 11. The zero-order valence-electron chi connectivity index (χ0n) is 17.9. The van der Waals surface area contributed by atoms with Crippen LogP contribution in [-0.2, 0) is 21.9 Å². The Hall–Kier alpha value is -1.98. The second kappa shape index (κ2) is 12.7. The fourth-order valence-electron chi connectivity index (χ4n) is 3.09. The Morgan fingerprint density at radius 1 is 1.03 bits per heavy atom. The molecule has 0 aliphatic heterocycles. The summed E-state index contributed by atoms with van der Waals surface area (Å²) in [5.41, 5.74) is 2.02. The first-order valence-corrected chi connectivity index (χ1v) is 11.9.